The number of ether oxygens (including phenoxy) is 1. The summed E-state index contributed by atoms with van der Waals surface area (Å²) in [6.07, 6.45) is 8.92. The fourth-order valence-corrected chi connectivity index (χ4v) is 1.84. The minimum absolute atomic E-state index is 0.00580. The Balaban J connectivity index is 2.92. The third-order valence-electron chi connectivity index (χ3n) is 2.79. The van der Waals surface area contributed by atoms with E-state index in [1.807, 2.05) is 12.2 Å². The van der Waals surface area contributed by atoms with Gasteiger partial charge in [-0.3, -0.25) is 4.79 Å². The molecule has 0 aromatic heterocycles. The maximum absolute atomic E-state index is 11.0. The smallest absolute Gasteiger partial charge is 0.308 e. The summed E-state index contributed by atoms with van der Waals surface area (Å²) in [7, 11) is 0. The SMILES string of the molecule is C=CC1(C)C=C(CCC)C(OC(C)=O)=CC1. The second-order valence-corrected chi connectivity index (χ2v) is 4.50. The lowest BCUT2D eigenvalue weighted by molar-refractivity contribution is -0.136. The second-order valence-electron chi connectivity index (χ2n) is 4.50. The molecule has 1 aliphatic carbocycles. The first-order chi connectivity index (χ1) is 7.50. The van der Waals surface area contributed by atoms with Gasteiger partial charge in [-0.05, 0) is 24.5 Å². The summed E-state index contributed by atoms with van der Waals surface area (Å²) in [4.78, 5) is 11.0. The molecule has 2 heteroatoms. The molecule has 0 N–H and O–H groups in total. The third-order valence-corrected chi connectivity index (χ3v) is 2.79. The Morgan fingerprint density at radius 3 is 2.88 bits per heavy atom. The molecule has 16 heavy (non-hydrogen) atoms. The summed E-state index contributed by atoms with van der Waals surface area (Å²) in [6, 6.07) is 0. The topological polar surface area (TPSA) is 26.3 Å². The fourth-order valence-electron chi connectivity index (χ4n) is 1.84. The van der Waals surface area contributed by atoms with E-state index in [0.717, 1.165) is 30.6 Å². The van der Waals surface area contributed by atoms with Gasteiger partial charge in [-0.25, -0.2) is 0 Å². The number of hydrogen-bond donors (Lipinski definition) is 0. The van der Waals surface area contributed by atoms with Crippen molar-refractivity contribution in [2.45, 2.75) is 40.0 Å². The first-order valence-electron chi connectivity index (χ1n) is 5.75. The summed E-state index contributed by atoms with van der Waals surface area (Å²) in [5.74, 6) is 0.476. The number of carbonyl (C=O) groups is 1. The molecule has 0 aliphatic heterocycles. The standard InChI is InChI=1S/C14H20O2/c1-5-7-12-10-14(4,6-2)9-8-13(12)16-11(3)15/h6,8,10H,2,5,7,9H2,1,3-4H3. The molecule has 0 amide bonds. The lowest BCUT2D eigenvalue weighted by Crippen LogP contribution is -2.16. The molecule has 1 unspecified atom stereocenters. The molecule has 0 saturated heterocycles. The number of esters is 1. The van der Waals surface area contributed by atoms with Crippen molar-refractivity contribution in [3.05, 3.63) is 36.1 Å². The molecule has 0 aromatic rings. The molecule has 0 saturated carbocycles. The molecular weight excluding hydrogens is 200 g/mol. The summed E-state index contributed by atoms with van der Waals surface area (Å²) >= 11 is 0. The Bertz CT molecular complexity index is 350. The zero-order chi connectivity index (χ0) is 12.2. The van der Waals surface area contributed by atoms with Gasteiger partial charge < -0.3 is 4.74 Å². The number of rotatable bonds is 4. The van der Waals surface area contributed by atoms with Crippen LogP contribution >= 0.6 is 0 Å². The van der Waals surface area contributed by atoms with Gasteiger partial charge in [0.25, 0.3) is 0 Å². The first-order valence-corrected chi connectivity index (χ1v) is 5.75. The normalized spacial score (nSPS) is 24.4. The van der Waals surface area contributed by atoms with E-state index in [2.05, 4.69) is 26.5 Å². The van der Waals surface area contributed by atoms with Crippen LogP contribution in [0.1, 0.15) is 40.0 Å². The maximum atomic E-state index is 11.0. The van der Waals surface area contributed by atoms with E-state index in [1.54, 1.807) is 0 Å². The van der Waals surface area contributed by atoms with Crippen LogP contribution in [-0.4, -0.2) is 5.97 Å². The molecule has 0 bridgehead atoms. The van der Waals surface area contributed by atoms with Gasteiger partial charge in [0.1, 0.15) is 5.76 Å². The predicted molar refractivity (Wildman–Crippen MR) is 65.8 cm³/mol. The lowest BCUT2D eigenvalue weighted by atomic mass is 9.80. The lowest BCUT2D eigenvalue weighted by Gasteiger charge is -2.27. The van der Waals surface area contributed by atoms with Gasteiger partial charge in [0.15, 0.2) is 0 Å². The van der Waals surface area contributed by atoms with Crippen molar-refractivity contribution in [3.63, 3.8) is 0 Å². The van der Waals surface area contributed by atoms with E-state index < -0.39 is 0 Å². The van der Waals surface area contributed by atoms with Crippen LogP contribution in [0.4, 0.5) is 0 Å². The highest BCUT2D eigenvalue weighted by molar-refractivity contribution is 5.68. The maximum Gasteiger partial charge on any atom is 0.308 e. The van der Waals surface area contributed by atoms with Gasteiger partial charge in [0, 0.05) is 12.3 Å². The predicted octanol–water partition coefficient (Wildman–Crippen LogP) is 3.76. The number of allylic oxidation sites excluding steroid dienone is 4. The van der Waals surface area contributed by atoms with Gasteiger partial charge in [-0.1, -0.05) is 32.4 Å². The van der Waals surface area contributed by atoms with Crippen LogP contribution in [0.5, 0.6) is 0 Å². The summed E-state index contributed by atoms with van der Waals surface area (Å²) in [6.45, 7) is 9.54. The Morgan fingerprint density at radius 1 is 1.69 bits per heavy atom. The van der Waals surface area contributed by atoms with Crippen molar-refractivity contribution in [1.82, 2.24) is 0 Å². The van der Waals surface area contributed by atoms with Crippen LogP contribution in [0.15, 0.2) is 36.1 Å². The van der Waals surface area contributed by atoms with E-state index in [0.29, 0.717) is 0 Å². The summed E-state index contributed by atoms with van der Waals surface area (Å²) < 4.78 is 5.21. The minimum atomic E-state index is -0.254. The van der Waals surface area contributed by atoms with E-state index >= 15 is 0 Å². The van der Waals surface area contributed by atoms with Crippen LogP contribution < -0.4 is 0 Å². The van der Waals surface area contributed by atoms with Crippen LogP contribution in [-0.2, 0) is 9.53 Å². The van der Waals surface area contributed by atoms with Crippen LogP contribution in [0.3, 0.4) is 0 Å². The van der Waals surface area contributed by atoms with E-state index in [-0.39, 0.29) is 11.4 Å². The molecule has 1 rings (SSSR count). The second kappa shape index (κ2) is 5.15. The Morgan fingerprint density at radius 2 is 2.38 bits per heavy atom. The van der Waals surface area contributed by atoms with Gasteiger partial charge >= 0.3 is 5.97 Å². The largest absolute Gasteiger partial charge is 0.427 e. The monoisotopic (exact) mass is 220 g/mol. The molecule has 0 aromatic carbocycles. The highest BCUT2D eigenvalue weighted by Gasteiger charge is 2.24. The number of hydrogen-bond acceptors (Lipinski definition) is 2. The number of carbonyl (C=O) groups excluding carboxylic acids is 1. The van der Waals surface area contributed by atoms with Crippen molar-refractivity contribution in [1.29, 1.82) is 0 Å². The Hall–Kier alpha value is -1.31. The molecule has 0 heterocycles. The van der Waals surface area contributed by atoms with Crippen molar-refractivity contribution in [3.8, 4) is 0 Å². The third kappa shape index (κ3) is 3.09. The Labute approximate surface area is 97.7 Å². The van der Waals surface area contributed by atoms with Gasteiger partial charge in [0.2, 0.25) is 0 Å². The highest BCUT2D eigenvalue weighted by atomic mass is 16.5. The molecule has 0 fully saturated rings. The van der Waals surface area contributed by atoms with Crippen LogP contribution in [0.2, 0.25) is 0 Å². The van der Waals surface area contributed by atoms with Gasteiger partial charge in [-0.2, -0.15) is 0 Å². The molecule has 88 valence electrons. The van der Waals surface area contributed by atoms with Gasteiger partial charge in [-0.15, -0.1) is 6.58 Å². The minimum Gasteiger partial charge on any atom is -0.427 e. The van der Waals surface area contributed by atoms with Crippen molar-refractivity contribution < 1.29 is 9.53 Å². The molecule has 1 aliphatic rings. The van der Waals surface area contributed by atoms with E-state index in [1.165, 1.54) is 6.92 Å². The highest BCUT2D eigenvalue weighted by Crippen LogP contribution is 2.36. The quantitative estimate of drug-likeness (QED) is 0.532. The van der Waals surface area contributed by atoms with Crippen molar-refractivity contribution >= 4 is 5.97 Å². The molecular formula is C14H20O2. The molecule has 1 atom stereocenters. The fraction of sp³-hybridized carbons (Fsp3) is 0.500. The van der Waals surface area contributed by atoms with Crippen LogP contribution in [0, 0.1) is 5.41 Å². The zero-order valence-electron chi connectivity index (χ0n) is 10.4. The Kier molecular flexibility index (Phi) is 4.11. The summed E-state index contributed by atoms with van der Waals surface area (Å²) in [5.41, 5.74) is 1.11. The summed E-state index contributed by atoms with van der Waals surface area (Å²) in [5, 5.41) is 0. The van der Waals surface area contributed by atoms with Crippen molar-refractivity contribution in [2.75, 3.05) is 0 Å². The van der Waals surface area contributed by atoms with Gasteiger partial charge in [0.05, 0.1) is 0 Å². The average molecular weight is 220 g/mol. The van der Waals surface area contributed by atoms with Crippen LogP contribution in [0.25, 0.3) is 0 Å². The first kappa shape index (κ1) is 12.8. The molecule has 0 radical (unpaired) electrons. The van der Waals surface area contributed by atoms with Crippen molar-refractivity contribution in [2.24, 2.45) is 5.41 Å². The zero-order valence-corrected chi connectivity index (χ0v) is 10.4. The van der Waals surface area contributed by atoms with E-state index in [9.17, 15) is 4.79 Å². The molecule has 0 spiro atoms. The molecule has 2 nitrogen and oxygen atoms in total. The van der Waals surface area contributed by atoms with E-state index in [4.69, 9.17) is 4.74 Å². The average Bonchev–Trinajstić information content (AvgIpc) is 2.22.